The Labute approximate surface area is 174 Å². The van der Waals surface area contributed by atoms with E-state index in [-0.39, 0.29) is 36.4 Å². The number of anilines is 2. The van der Waals surface area contributed by atoms with E-state index in [2.05, 4.69) is 10.6 Å². The number of ether oxygens (including phenoxy) is 2. The lowest BCUT2D eigenvalue weighted by Gasteiger charge is -2.14. The first kappa shape index (κ1) is 21.9. The Kier molecular flexibility index (Phi) is 8.42. The predicted molar refractivity (Wildman–Crippen MR) is 113 cm³/mol. The molecule has 2 aromatic rings. The Morgan fingerprint density at radius 3 is 1.50 bits per heavy atom. The molecule has 2 rings (SSSR count). The van der Waals surface area contributed by atoms with Gasteiger partial charge in [0.25, 0.3) is 0 Å². The fraction of sp³-hybridized carbons (Fsp3) is 0.300. The highest BCUT2D eigenvalue weighted by atomic mass is 35.5. The number of nitrogens with one attached hydrogen (secondary N) is 2. The Bertz CT molecular complexity index is 773. The minimum Gasteiger partial charge on any atom is -0.495 e. The molecule has 0 saturated carbocycles. The Hall–Kier alpha value is -2.44. The number of benzene rings is 2. The van der Waals surface area contributed by atoms with Crippen molar-refractivity contribution in [2.45, 2.75) is 12.8 Å². The van der Waals surface area contributed by atoms with Crippen LogP contribution in [-0.4, -0.2) is 37.8 Å². The van der Waals surface area contributed by atoms with E-state index in [9.17, 15) is 9.59 Å². The second-order valence-electron chi connectivity index (χ2n) is 5.80. The van der Waals surface area contributed by atoms with Gasteiger partial charge in [-0.2, -0.15) is 0 Å². The summed E-state index contributed by atoms with van der Waals surface area (Å²) in [6.07, 6.45) is 0.446. The van der Waals surface area contributed by atoms with Crippen LogP contribution < -0.4 is 20.1 Å². The van der Waals surface area contributed by atoms with E-state index in [1.54, 1.807) is 12.1 Å². The molecule has 2 aromatic carbocycles. The van der Waals surface area contributed by atoms with E-state index in [0.29, 0.717) is 22.9 Å². The minimum atomic E-state index is -0.181. The summed E-state index contributed by atoms with van der Waals surface area (Å²) < 4.78 is 10.8. The van der Waals surface area contributed by atoms with Crippen LogP contribution in [0.4, 0.5) is 11.4 Å². The van der Waals surface area contributed by atoms with Crippen LogP contribution in [0, 0.1) is 0 Å². The maximum atomic E-state index is 11.8. The lowest BCUT2D eigenvalue weighted by Crippen LogP contribution is -2.12. The van der Waals surface area contributed by atoms with E-state index in [4.69, 9.17) is 32.7 Å². The molecule has 0 aromatic heterocycles. The molecule has 0 spiro atoms. The predicted octanol–water partition coefficient (Wildman–Crippen LogP) is 4.51. The van der Waals surface area contributed by atoms with Crippen LogP contribution in [-0.2, 0) is 9.59 Å². The number of carbonyl (C=O) groups is 2. The smallest absolute Gasteiger partial charge is 0.225 e. The molecule has 0 radical (unpaired) electrons. The first-order valence-electron chi connectivity index (χ1n) is 8.60. The zero-order valence-electron chi connectivity index (χ0n) is 15.7. The van der Waals surface area contributed by atoms with Gasteiger partial charge in [-0.3, -0.25) is 9.59 Å². The third-order valence-electron chi connectivity index (χ3n) is 3.93. The standard InChI is InChI=1S/C20H22Cl2N2O4/c1-27-17-11-13(3-5-15(17)23-19(25)7-9-21)14-4-6-16(18(12-14)28-2)24-20(26)8-10-22/h3-6,11-12H,7-10H2,1-2H3,(H,23,25)(H,24,26). The molecule has 150 valence electrons. The first-order valence-corrected chi connectivity index (χ1v) is 9.67. The van der Waals surface area contributed by atoms with Crippen molar-refractivity contribution in [1.82, 2.24) is 0 Å². The highest BCUT2D eigenvalue weighted by molar-refractivity contribution is 6.19. The molecule has 0 aliphatic carbocycles. The monoisotopic (exact) mass is 424 g/mol. The number of halogens is 2. The summed E-state index contributed by atoms with van der Waals surface area (Å²) in [6, 6.07) is 10.9. The van der Waals surface area contributed by atoms with Gasteiger partial charge >= 0.3 is 0 Å². The van der Waals surface area contributed by atoms with Gasteiger partial charge in [-0.1, -0.05) is 12.1 Å². The van der Waals surface area contributed by atoms with Crippen molar-refractivity contribution in [3.05, 3.63) is 36.4 Å². The van der Waals surface area contributed by atoms with Crippen molar-refractivity contribution in [1.29, 1.82) is 0 Å². The van der Waals surface area contributed by atoms with Crippen molar-refractivity contribution in [3.8, 4) is 22.6 Å². The van der Waals surface area contributed by atoms with Crippen molar-refractivity contribution in [3.63, 3.8) is 0 Å². The number of hydrogen-bond donors (Lipinski definition) is 2. The van der Waals surface area contributed by atoms with Crippen molar-refractivity contribution in [2.24, 2.45) is 0 Å². The largest absolute Gasteiger partial charge is 0.495 e. The van der Waals surface area contributed by atoms with E-state index >= 15 is 0 Å². The number of amides is 2. The molecule has 0 aliphatic heterocycles. The number of carbonyl (C=O) groups excluding carboxylic acids is 2. The molecule has 2 N–H and O–H groups in total. The number of hydrogen-bond acceptors (Lipinski definition) is 4. The summed E-state index contributed by atoms with van der Waals surface area (Å²) in [7, 11) is 3.07. The maximum absolute atomic E-state index is 11.8. The third kappa shape index (κ3) is 5.78. The highest BCUT2D eigenvalue weighted by Gasteiger charge is 2.12. The van der Waals surface area contributed by atoms with Crippen LogP contribution in [0.2, 0.25) is 0 Å². The molecule has 0 saturated heterocycles. The molecule has 8 heteroatoms. The van der Waals surface area contributed by atoms with Crippen molar-refractivity contribution in [2.75, 3.05) is 36.6 Å². The molecule has 0 heterocycles. The normalized spacial score (nSPS) is 10.3. The van der Waals surface area contributed by atoms with Crippen LogP contribution in [0.5, 0.6) is 11.5 Å². The maximum Gasteiger partial charge on any atom is 0.225 e. The van der Waals surface area contributed by atoms with Crippen LogP contribution in [0.25, 0.3) is 11.1 Å². The van der Waals surface area contributed by atoms with Gasteiger partial charge in [0.15, 0.2) is 0 Å². The summed E-state index contributed by atoms with van der Waals surface area (Å²) in [5, 5.41) is 5.55. The summed E-state index contributed by atoms with van der Waals surface area (Å²) in [4.78, 5) is 23.6. The molecule has 6 nitrogen and oxygen atoms in total. The molecular weight excluding hydrogens is 403 g/mol. The van der Waals surface area contributed by atoms with E-state index in [1.807, 2.05) is 24.3 Å². The van der Waals surface area contributed by atoms with Crippen LogP contribution in [0.3, 0.4) is 0 Å². The zero-order chi connectivity index (χ0) is 20.5. The number of rotatable bonds is 9. The molecule has 0 bridgehead atoms. The average molecular weight is 425 g/mol. The van der Waals surface area contributed by atoms with Crippen LogP contribution >= 0.6 is 23.2 Å². The van der Waals surface area contributed by atoms with E-state index in [1.165, 1.54) is 14.2 Å². The Morgan fingerprint density at radius 1 is 0.786 bits per heavy atom. The van der Waals surface area contributed by atoms with Crippen LogP contribution in [0.15, 0.2) is 36.4 Å². The number of alkyl halides is 2. The molecule has 0 aliphatic rings. The molecule has 0 atom stereocenters. The van der Waals surface area contributed by atoms with Gasteiger partial charge < -0.3 is 20.1 Å². The van der Waals surface area contributed by atoms with Crippen molar-refractivity contribution < 1.29 is 19.1 Å². The summed E-state index contributed by atoms with van der Waals surface area (Å²) in [5.74, 6) is 1.19. The minimum absolute atomic E-state index is 0.181. The topological polar surface area (TPSA) is 76.7 Å². The van der Waals surface area contributed by atoms with E-state index in [0.717, 1.165) is 11.1 Å². The molecule has 28 heavy (non-hydrogen) atoms. The first-order chi connectivity index (χ1) is 13.5. The lowest BCUT2D eigenvalue weighted by molar-refractivity contribution is -0.116. The van der Waals surface area contributed by atoms with Gasteiger partial charge in [-0.15, -0.1) is 23.2 Å². The SMILES string of the molecule is COc1cc(-c2ccc(NC(=O)CCCl)c(OC)c2)ccc1NC(=O)CCCl. The zero-order valence-corrected chi connectivity index (χ0v) is 17.2. The molecule has 0 fully saturated rings. The van der Waals surface area contributed by atoms with Crippen LogP contribution in [0.1, 0.15) is 12.8 Å². The second kappa shape index (κ2) is 10.8. The molecular formula is C20H22Cl2N2O4. The fourth-order valence-corrected chi connectivity index (χ4v) is 2.89. The van der Waals surface area contributed by atoms with Gasteiger partial charge in [0.1, 0.15) is 11.5 Å². The fourth-order valence-electron chi connectivity index (χ4n) is 2.55. The van der Waals surface area contributed by atoms with Gasteiger partial charge in [-0.05, 0) is 35.4 Å². The van der Waals surface area contributed by atoms with Gasteiger partial charge in [0, 0.05) is 24.6 Å². The van der Waals surface area contributed by atoms with Gasteiger partial charge in [0.2, 0.25) is 11.8 Å². The van der Waals surface area contributed by atoms with E-state index < -0.39 is 0 Å². The average Bonchev–Trinajstić information content (AvgIpc) is 2.69. The quantitative estimate of drug-likeness (QED) is 0.580. The lowest BCUT2D eigenvalue weighted by atomic mass is 10.0. The summed E-state index contributed by atoms with van der Waals surface area (Å²) >= 11 is 11.2. The molecule has 0 unspecified atom stereocenters. The number of methoxy groups -OCH3 is 2. The third-order valence-corrected chi connectivity index (χ3v) is 4.31. The summed E-state index contributed by atoms with van der Waals surface area (Å²) in [5.41, 5.74) is 2.87. The highest BCUT2D eigenvalue weighted by Crippen LogP contribution is 2.35. The Morgan fingerprint density at radius 2 is 1.18 bits per heavy atom. The Balaban J connectivity index is 2.29. The summed E-state index contributed by atoms with van der Waals surface area (Å²) in [6.45, 7) is 0. The van der Waals surface area contributed by atoms with Gasteiger partial charge in [0.05, 0.1) is 25.6 Å². The van der Waals surface area contributed by atoms with Gasteiger partial charge in [-0.25, -0.2) is 0 Å². The molecule has 2 amide bonds. The van der Waals surface area contributed by atoms with Crippen molar-refractivity contribution >= 4 is 46.4 Å². The second-order valence-corrected chi connectivity index (χ2v) is 6.56.